The zero-order valence-electron chi connectivity index (χ0n) is 18.5. The molecular formula is C25H33N3O. The molecule has 4 nitrogen and oxygen atoms in total. The molecule has 29 heavy (non-hydrogen) atoms. The molecule has 1 amide bonds. The number of hydrogen-bond donors (Lipinski definition) is 1. The summed E-state index contributed by atoms with van der Waals surface area (Å²) in [4.78, 5) is 14.7. The topological polar surface area (TPSA) is 44.7 Å². The number of amides is 1. The van der Waals surface area contributed by atoms with Gasteiger partial charge in [0.1, 0.15) is 5.71 Å². The van der Waals surface area contributed by atoms with E-state index in [1.54, 1.807) is 17.9 Å². The lowest BCUT2D eigenvalue weighted by atomic mass is 9.87. The van der Waals surface area contributed by atoms with Crippen LogP contribution < -0.4 is 5.43 Å². The van der Waals surface area contributed by atoms with Crippen molar-refractivity contribution in [3.05, 3.63) is 77.4 Å². The number of rotatable bonds is 7. The van der Waals surface area contributed by atoms with Crippen LogP contribution in [0, 0.1) is 13.8 Å². The number of carbonyl (C=O) groups is 1. The van der Waals surface area contributed by atoms with E-state index >= 15 is 0 Å². The number of hydrogen-bond acceptors (Lipinski definition) is 3. The standard InChI is InChI=1S/C25H33N3O/c1-8-15-28(17-21-10-12-22(13-11-21)25(5,6)7)24(29)20(4)26-27-23-14-9-18(2)19(3)16-23/h8-14,16,27H,1,15,17H2,2-7H3/b26-20+. The molecule has 0 aliphatic carbocycles. The summed E-state index contributed by atoms with van der Waals surface area (Å²) in [6.07, 6.45) is 1.74. The molecule has 0 aromatic heterocycles. The van der Waals surface area contributed by atoms with Crippen LogP contribution in [0.4, 0.5) is 5.69 Å². The number of benzene rings is 2. The van der Waals surface area contributed by atoms with Crippen LogP contribution in [0.2, 0.25) is 0 Å². The minimum absolute atomic E-state index is 0.110. The molecule has 0 fully saturated rings. The summed E-state index contributed by atoms with van der Waals surface area (Å²) in [6.45, 7) is 17.2. The van der Waals surface area contributed by atoms with Crippen molar-refractivity contribution in [2.75, 3.05) is 12.0 Å². The van der Waals surface area contributed by atoms with E-state index in [0.717, 1.165) is 11.3 Å². The van der Waals surface area contributed by atoms with Crippen molar-refractivity contribution in [1.82, 2.24) is 4.90 Å². The largest absolute Gasteiger partial charge is 0.330 e. The fourth-order valence-corrected chi connectivity index (χ4v) is 2.94. The zero-order valence-corrected chi connectivity index (χ0v) is 18.5. The van der Waals surface area contributed by atoms with Gasteiger partial charge in [0.05, 0.1) is 5.69 Å². The van der Waals surface area contributed by atoms with E-state index in [4.69, 9.17) is 0 Å². The molecule has 0 bridgehead atoms. The number of nitrogens with one attached hydrogen (secondary N) is 1. The molecule has 0 unspecified atom stereocenters. The number of anilines is 1. The number of nitrogens with zero attached hydrogens (tertiary/aromatic N) is 2. The highest BCUT2D eigenvalue weighted by atomic mass is 16.2. The first-order valence-corrected chi connectivity index (χ1v) is 9.99. The van der Waals surface area contributed by atoms with Crippen LogP contribution in [0.5, 0.6) is 0 Å². The van der Waals surface area contributed by atoms with Crippen LogP contribution in [0.25, 0.3) is 0 Å². The molecule has 0 radical (unpaired) electrons. The average molecular weight is 392 g/mol. The van der Waals surface area contributed by atoms with Crippen molar-refractivity contribution in [2.24, 2.45) is 5.10 Å². The quantitative estimate of drug-likeness (QED) is 0.379. The van der Waals surface area contributed by atoms with Crippen LogP contribution in [-0.2, 0) is 16.8 Å². The SMILES string of the molecule is C=CCN(Cc1ccc(C(C)(C)C)cc1)C(=O)/C(C)=N/Nc1ccc(C)c(C)c1. The number of hydrazone groups is 1. The first-order valence-electron chi connectivity index (χ1n) is 9.99. The molecule has 0 heterocycles. The molecule has 0 spiro atoms. The highest BCUT2D eigenvalue weighted by Gasteiger charge is 2.17. The number of aryl methyl sites for hydroxylation is 2. The van der Waals surface area contributed by atoms with Crippen molar-refractivity contribution in [3.8, 4) is 0 Å². The average Bonchev–Trinajstić information content (AvgIpc) is 2.67. The van der Waals surface area contributed by atoms with Gasteiger partial charge in [-0.3, -0.25) is 10.2 Å². The van der Waals surface area contributed by atoms with Gasteiger partial charge < -0.3 is 4.90 Å². The lowest BCUT2D eigenvalue weighted by molar-refractivity contribution is -0.124. The van der Waals surface area contributed by atoms with Crippen molar-refractivity contribution in [1.29, 1.82) is 0 Å². The summed E-state index contributed by atoms with van der Waals surface area (Å²) in [7, 11) is 0. The van der Waals surface area contributed by atoms with E-state index in [1.807, 2.05) is 18.2 Å². The van der Waals surface area contributed by atoms with Gasteiger partial charge in [-0.25, -0.2) is 0 Å². The summed E-state index contributed by atoms with van der Waals surface area (Å²) in [5.74, 6) is -0.110. The maximum absolute atomic E-state index is 12.9. The van der Waals surface area contributed by atoms with Crippen molar-refractivity contribution >= 4 is 17.3 Å². The Hall–Kier alpha value is -2.88. The van der Waals surface area contributed by atoms with Gasteiger partial charge in [-0.2, -0.15) is 5.10 Å². The molecule has 2 aromatic carbocycles. The molecule has 2 rings (SSSR count). The first-order chi connectivity index (χ1) is 13.6. The predicted octanol–water partition coefficient (Wildman–Crippen LogP) is 5.60. The van der Waals surface area contributed by atoms with Gasteiger partial charge in [-0.15, -0.1) is 6.58 Å². The van der Waals surface area contributed by atoms with E-state index in [0.29, 0.717) is 18.8 Å². The van der Waals surface area contributed by atoms with E-state index in [9.17, 15) is 4.79 Å². The third-order valence-corrected chi connectivity index (χ3v) is 5.00. The minimum atomic E-state index is -0.110. The Balaban J connectivity index is 2.10. The lowest BCUT2D eigenvalue weighted by Gasteiger charge is -2.23. The summed E-state index contributed by atoms with van der Waals surface area (Å²) < 4.78 is 0. The molecule has 0 aliphatic heterocycles. The highest BCUT2D eigenvalue weighted by Crippen LogP contribution is 2.22. The maximum atomic E-state index is 12.9. The Morgan fingerprint density at radius 1 is 1.10 bits per heavy atom. The van der Waals surface area contributed by atoms with Gasteiger partial charge in [0, 0.05) is 13.1 Å². The second-order valence-electron chi connectivity index (χ2n) is 8.53. The second-order valence-corrected chi connectivity index (χ2v) is 8.53. The Morgan fingerprint density at radius 2 is 1.76 bits per heavy atom. The third kappa shape index (κ3) is 6.31. The second kappa shape index (κ2) is 9.55. The van der Waals surface area contributed by atoms with Gasteiger partial charge >= 0.3 is 0 Å². The molecule has 0 aliphatic rings. The Labute approximate surface area is 175 Å². The maximum Gasteiger partial charge on any atom is 0.270 e. The summed E-state index contributed by atoms with van der Waals surface area (Å²) in [5, 5.41) is 4.30. The Morgan fingerprint density at radius 3 is 2.31 bits per heavy atom. The van der Waals surface area contributed by atoms with Gasteiger partial charge in [0.25, 0.3) is 5.91 Å². The van der Waals surface area contributed by atoms with Crippen molar-refractivity contribution < 1.29 is 4.79 Å². The molecule has 0 atom stereocenters. The molecule has 154 valence electrons. The lowest BCUT2D eigenvalue weighted by Crippen LogP contribution is -2.35. The third-order valence-electron chi connectivity index (χ3n) is 5.00. The smallest absolute Gasteiger partial charge is 0.270 e. The van der Waals surface area contributed by atoms with Crippen molar-refractivity contribution in [3.63, 3.8) is 0 Å². The summed E-state index contributed by atoms with van der Waals surface area (Å²) >= 11 is 0. The van der Waals surface area contributed by atoms with E-state index < -0.39 is 0 Å². The van der Waals surface area contributed by atoms with E-state index in [1.165, 1.54) is 16.7 Å². The van der Waals surface area contributed by atoms with Crippen LogP contribution in [0.3, 0.4) is 0 Å². The van der Waals surface area contributed by atoms with Gasteiger partial charge in [-0.1, -0.05) is 57.2 Å². The molecule has 1 N–H and O–H groups in total. The number of carbonyl (C=O) groups excluding carboxylic acids is 1. The van der Waals surface area contributed by atoms with Crippen LogP contribution >= 0.6 is 0 Å². The first kappa shape index (κ1) is 22.4. The molecule has 4 heteroatoms. The minimum Gasteiger partial charge on any atom is -0.330 e. The highest BCUT2D eigenvalue weighted by molar-refractivity contribution is 6.37. The summed E-state index contributed by atoms with van der Waals surface area (Å²) in [6, 6.07) is 14.5. The van der Waals surface area contributed by atoms with E-state index in [-0.39, 0.29) is 11.3 Å². The monoisotopic (exact) mass is 391 g/mol. The predicted molar refractivity (Wildman–Crippen MR) is 123 cm³/mol. The van der Waals surface area contributed by atoms with Crippen LogP contribution in [0.15, 0.2) is 60.2 Å². The van der Waals surface area contributed by atoms with Gasteiger partial charge in [0.15, 0.2) is 0 Å². The Kier molecular flexibility index (Phi) is 7.38. The molecule has 2 aromatic rings. The molecule has 0 saturated carbocycles. The Bertz CT molecular complexity index is 889. The van der Waals surface area contributed by atoms with Crippen LogP contribution in [0.1, 0.15) is 49.9 Å². The molecular weight excluding hydrogens is 358 g/mol. The van der Waals surface area contributed by atoms with Gasteiger partial charge in [-0.05, 0) is 60.6 Å². The van der Waals surface area contributed by atoms with Gasteiger partial charge in [0.2, 0.25) is 0 Å². The zero-order chi connectivity index (χ0) is 21.6. The fourth-order valence-electron chi connectivity index (χ4n) is 2.94. The summed E-state index contributed by atoms with van der Waals surface area (Å²) in [5.41, 5.74) is 9.15. The van der Waals surface area contributed by atoms with Crippen molar-refractivity contribution in [2.45, 2.75) is 53.5 Å². The fraction of sp³-hybridized carbons (Fsp3) is 0.360. The van der Waals surface area contributed by atoms with E-state index in [2.05, 4.69) is 76.0 Å². The van der Waals surface area contributed by atoms with Crippen LogP contribution in [-0.4, -0.2) is 23.1 Å². The molecule has 0 saturated heterocycles. The normalized spacial score (nSPS) is 11.9.